The van der Waals surface area contributed by atoms with Crippen molar-refractivity contribution in [2.24, 2.45) is 5.41 Å². The van der Waals surface area contributed by atoms with E-state index in [-0.39, 0.29) is 5.41 Å². The van der Waals surface area contributed by atoms with Crippen LogP contribution in [0, 0.1) is 5.41 Å². The molecule has 0 aromatic heterocycles. The third kappa shape index (κ3) is 4.05. The van der Waals surface area contributed by atoms with Crippen LogP contribution in [-0.2, 0) is 16.1 Å². The summed E-state index contributed by atoms with van der Waals surface area (Å²) in [5.41, 5.74) is 1.42. The summed E-state index contributed by atoms with van der Waals surface area (Å²) in [6.45, 7) is 4.27. The third-order valence-electron chi connectivity index (χ3n) is 4.27. The molecule has 1 heterocycles. The Morgan fingerprint density at radius 2 is 2.10 bits per heavy atom. The Hall–Kier alpha value is -0.900. The fourth-order valence-electron chi connectivity index (χ4n) is 2.82. The quantitative estimate of drug-likeness (QED) is 0.830. The highest BCUT2D eigenvalue weighted by atomic mass is 16.5. The molecule has 1 saturated carbocycles. The molecule has 1 aliphatic heterocycles. The van der Waals surface area contributed by atoms with E-state index in [4.69, 9.17) is 9.47 Å². The van der Waals surface area contributed by atoms with Gasteiger partial charge in [-0.15, -0.1) is 0 Å². The highest BCUT2D eigenvalue weighted by molar-refractivity contribution is 5.13. The fraction of sp³-hybridized carbons (Fsp3) is 0.647. The number of ether oxygens (including phenoxy) is 2. The maximum absolute atomic E-state index is 6.00. The Morgan fingerprint density at radius 3 is 2.80 bits per heavy atom. The lowest BCUT2D eigenvalue weighted by atomic mass is 9.83. The Bertz CT molecular complexity index is 397. The van der Waals surface area contributed by atoms with Crippen LogP contribution in [0.3, 0.4) is 0 Å². The lowest BCUT2D eigenvalue weighted by molar-refractivity contribution is -0.0619. The lowest BCUT2D eigenvalue weighted by Gasteiger charge is -2.37. The third-order valence-corrected chi connectivity index (χ3v) is 4.27. The first kappa shape index (κ1) is 14.1. The number of hydrogen-bond donors (Lipinski definition) is 1. The summed E-state index contributed by atoms with van der Waals surface area (Å²) >= 11 is 0. The van der Waals surface area contributed by atoms with Crippen LogP contribution in [0.5, 0.6) is 0 Å². The van der Waals surface area contributed by atoms with E-state index in [1.165, 1.54) is 24.8 Å². The predicted octanol–water partition coefficient (Wildman–Crippen LogP) is 2.75. The Labute approximate surface area is 121 Å². The second kappa shape index (κ2) is 6.70. The molecule has 1 aromatic rings. The molecule has 2 aliphatic rings. The van der Waals surface area contributed by atoms with Crippen LogP contribution in [0.2, 0.25) is 0 Å². The SMILES string of the molecule is c1ccc(COCC2(CNC3CC3)CCCOC2)cc1. The first-order valence-electron chi connectivity index (χ1n) is 7.79. The van der Waals surface area contributed by atoms with Gasteiger partial charge in [-0.2, -0.15) is 0 Å². The van der Waals surface area contributed by atoms with Crippen LogP contribution in [0.25, 0.3) is 0 Å². The highest BCUT2D eigenvalue weighted by Gasteiger charge is 2.35. The maximum atomic E-state index is 6.00. The second-order valence-corrected chi connectivity index (χ2v) is 6.29. The van der Waals surface area contributed by atoms with Gasteiger partial charge in [0, 0.05) is 24.6 Å². The van der Waals surface area contributed by atoms with Crippen molar-refractivity contribution < 1.29 is 9.47 Å². The van der Waals surface area contributed by atoms with E-state index in [0.717, 1.165) is 38.8 Å². The van der Waals surface area contributed by atoms with Gasteiger partial charge in [-0.05, 0) is 31.2 Å². The van der Waals surface area contributed by atoms with E-state index in [1.54, 1.807) is 0 Å². The topological polar surface area (TPSA) is 30.5 Å². The Morgan fingerprint density at radius 1 is 1.25 bits per heavy atom. The average Bonchev–Trinajstić information content (AvgIpc) is 3.32. The van der Waals surface area contributed by atoms with E-state index < -0.39 is 0 Å². The molecule has 1 atom stereocenters. The molecule has 1 unspecified atom stereocenters. The van der Waals surface area contributed by atoms with Crippen molar-refractivity contribution in [2.75, 3.05) is 26.4 Å². The standard InChI is InChI=1S/C17H25NO2/c1-2-5-15(6-3-1)11-20-14-17(9-4-10-19-13-17)12-18-16-7-8-16/h1-3,5-6,16,18H,4,7-14H2. The van der Waals surface area contributed by atoms with Crippen molar-refractivity contribution in [3.05, 3.63) is 35.9 Å². The summed E-state index contributed by atoms with van der Waals surface area (Å²) in [5.74, 6) is 0. The van der Waals surface area contributed by atoms with E-state index in [0.29, 0.717) is 6.61 Å². The molecule has 1 aliphatic carbocycles. The van der Waals surface area contributed by atoms with Crippen molar-refractivity contribution in [1.82, 2.24) is 5.32 Å². The van der Waals surface area contributed by atoms with Crippen LogP contribution in [0.1, 0.15) is 31.2 Å². The molecule has 1 aromatic carbocycles. The van der Waals surface area contributed by atoms with Gasteiger partial charge in [0.2, 0.25) is 0 Å². The van der Waals surface area contributed by atoms with Crippen molar-refractivity contribution in [1.29, 1.82) is 0 Å². The summed E-state index contributed by atoms with van der Waals surface area (Å²) in [7, 11) is 0. The molecule has 0 radical (unpaired) electrons. The summed E-state index contributed by atoms with van der Waals surface area (Å²) in [4.78, 5) is 0. The van der Waals surface area contributed by atoms with Gasteiger partial charge in [-0.25, -0.2) is 0 Å². The van der Waals surface area contributed by atoms with E-state index in [1.807, 2.05) is 6.07 Å². The summed E-state index contributed by atoms with van der Waals surface area (Å²) < 4.78 is 11.7. The fourth-order valence-corrected chi connectivity index (χ4v) is 2.82. The normalized spacial score (nSPS) is 26.6. The van der Waals surface area contributed by atoms with Crippen LogP contribution in [0.15, 0.2) is 30.3 Å². The molecule has 3 nitrogen and oxygen atoms in total. The maximum Gasteiger partial charge on any atom is 0.0717 e. The first-order valence-corrected chi connectivity index (χ1v) is 7.79. The van der Waals surface area contributed by atoms with Gasteiger partial charge in [-0.1, -0.05) is 30.3 Å². The summed E-state index contributed by atoms with van der Waals surface area (Å²) in [5, 5.41) is 3.66. The number of hydrogen-bond acceptors (Lipinski definition) is 3. The minimum atomic E-state index is 0.176. The van der Waals surface area contributed by atoms with Gasteiger partial charge in [0.15, 0.2) is 0 Å². The van der Waals surface area contributed by atoms with Crippen LogP contribution in [0.4, 0.5) is 0 Å². The van der Waals surface area contributed by atoms with Gasteiger partial charge in [-0.3, -0.25) is 0 Å². The monoisotopic (exact) mass is 275 g/mol. The van der Waals surface area contributed by atoms with E-state index >= 15 is 0 Å². The zero-order valence-electron chi connectivity index (χ0n) is 12.1. The summed E-state index contributed by atoms with van der Waals surface area (Å²) in [6, 6.07) is 11.2. The minimum absolute atomic E-state index is 0.176. The molecular weight excluding hydrogens is 250 g/mol. The van der Waals surface area contributed by atoms with Gasteiger partial charge in [0.05, 0.1) is 19.8 Å². The Balaban J connectivity index is 1.49. The largest absolute Gasteiger partial charge is 0.381 e. The highest BCUT2D eigenvalue weighted by Crippen LogP contribution is 2.30. The average molecular weight is 275 g/mol. The first-order chi connectivity index (χ1) is 9.86. The van der Waals surface area contributed by atoms with Crippen LogP contribution < -0.4 is 5.32 Å². The number of benzene rings is 1. The predicted molar refractivity (Wildman–Crippen MR) is 79.6 cm³/mol. The van der Waals surface area contributed by atoms with E-state index in [2.05, 4.69) is 29.6 Å². The van der Waals surface area contributed by atoms with Crippen molar-refractivity contribution in [3.8, 4) is 0 Å². The van der Waals surface area contributed by atoms with Gasteiger partial charge in [0.25, 0.3) is 0 Å². The molecule has 0 amide bonds. The van der Waals surface area contributed by atoms with Crippen molar-refractivity contribution in [2.45, 2.75) is 38.3 Å². The van der Waals surface area contributed by atoms with E-state index in [9.17, 15) is 0 Å². The zero-order chi connectivity index (χ0) is 13.7. The Kier molecular flexibility index (Phi) is 4.71. The molecular formula is C17H25NO2. The van der Waals surface area contributed by atoms with Crippen LogP contribution in [-0.4, -0.2) is 32.4 Å². The molecule has 0 spiro atoms. The molecule has 3 rings (SSSR count). The molecule has 3 heteroatoms. The van der Waals surface area contributed by atoms with Crippen molar-refractivity contribution >= 4 is 0 Å². The van der Waals surface area contributed by atoms with Gasteiger partial charge in [0.1, 0.15) is 0 Å². The molecule has 2 fully saturated rings. The van der Waals surface area contributed by atoms with Gasteiger partial charge < -0.3 is 14.8 Å². The van der Waals surface area contributed by atoms with Gasteiger partial charge >= 0.3 is 0 Å². The summed E-state index contributed by atoms with van der Waals surface area (Å²) in [6.07, 6.45) is 5.03. The zero-order valence-corrected chi connectivity index (χ0v) is 12.1. The smallest absolute Gasteiger partial charge is 0.0717 e. The lowest BCUT2D eigenvalue weighted by Crippen LogP contribution is -2.45. The molecule has 0 bridgehead atoms. The van der Waals surface area contributed by atoms with Crippen molar-refractivity contribution in [3.63, 3.8) is 0 Å². The molecule has 1 saturated heterocycles. The minimum Gasteiger partial charge on any atom is -0.381 e. The number of nitrogens with one attached hydrogen (secondary N) is 1. The number of rotatable bonds is 7. The second-order valence-electron chi connectivity index (χ2n) is 6.29. The molecule has 20 heavy (non-hydrogen) atoms. The molecule has 1 N–H and O–H groups in total. The molecule has 110 valence electrons. The van der Waals surface area contributed by atoms with Crippen LogP contribution >= 0.6 is 0 Å².